The number of nitrogens with one attached hydrogen (secondary N) is 1. The van der Waals surface area contributed by atoms with Crippen LogP contribution in [0.15, 0.2) is 96.6 Å². The van der Waals surface area contributed by atoms with Gasteiger partial charge in [0.1, 0.15) is 11.5 Å². The van der Waals surface area contributed by atoms with Gasteiger partial charge in [-0.1, -0.05) is 60.7 Å². The highest BCUT2D eigenvalue weighted by molar-refractivity contribution is 7.68. The highest BCUT2D eigenvalue weighted by Gasteiger charge is 2.27. The molecule has 3 aromatic carbocycles. The van der Waals surface area contributed by atoms with Gasteiger partial charge in [-0.3, -0.25) is 19.8 Å². The van der Waals surface area contributed by atoms with Crippen LogP contribution < -0.4 is 5.09 Å². The van der Waals surface area contributed by atoms with Gasteiger partial charge in [0, 0.05) is 41.4 Å². The molecule has 0 saturated carbocycles. The molecule has 0 saturated heterocycles. The second-order valence-electron chi connectivity index (χ2n) is 7.26. The summed E-state index contributed by atoms with van der Waals surface area (Å²) in [6.07, 6.45) is -0.994. The zero-order valence-electron chi connectivity index (χ0n) is 17.0. The van der Waals surface area contributed by atoms with Gasteiger partial charge in [-0.2, -0.15) is 0 Å². The number of nitro benzene ring substituents is 1. The molecule has 2 N–H and O–H groups in total. The summed E-state index contributed by atoms with van der Waals surface area (Å²) in [4.78, 5) is 10.3. The van der Waals surface area contributed by atoms with E-state index in [4.69, 9.17) is 4.74 Å². The largest absolute Gasteiger partial charge is 0.456 e. The van der Waals surface area contributed by atoms with Crippen LogP contribution >= 0.6 is 7.29 Å². The molecule has 0 aliphatic carbocycles. The van der Waals surface area contributed by atoms with E-state index < -0.39 is 18.3 Å². The van der Waals surface area contributed by atoms with Crippen molar-refractivity contribution in [1.29, 1.82) is 0 Å². The van der Waals surface area contributed by atoms with Crippen LogP contribution in [0, 0.1) is 10.1 Å². The Balaban J connectivity index is 1.59. The second kappa shape index (κ2) is 9.32. The lowest BCUT2D eigenvalue weighted by Crippen LogP contribution is -2.19. The fraction of sp³-hybridized carbons (Fsp3) is 0.0833. The van der Waals surface area contributed by atoms with Gasteiger partial charge < -0.3 is 9.84 Å². The lowest BCUT2D eigenvalue weighted by Gasteiger charge is -2.24. The molecule has 1 aliphatic heterocycles. The van der Waals surface area contributed by atoms with Gasteiger partial charge in [-0.25, -0.2) is 0 Å². The van der Waals surface area contributed by atoms with Crippen molar-refractivity contribution in [3.63, 3.8) is 0 Å². The second-order valence-corrected chi connectivity index (χ2v) is 9.51. The van der Waals surface area contributed by atoms with Crippen molar-refractivity contribution in [3.05, 3.63) is 123 Å². The van der Waals surface area contributed by atoms with Gasteiger partial charge >= 0.3 is 0 Å². The highest BCUT2D eigenvalue weighted by Crippen LogP contribution is 2.53. The highest BCUT2D eigenvalue weighted by atomic mass is 31.2. The zero-order chi connectivity index (χ0) is 22.6. The van der Waals surface area contributed by atoms with Crippen molar-refractivity contribution in [3.8, 4) is 0 Å². The topological polar surface area (TPSA) is 102 Å². The van der Waals surface area contributed by atoms with Crippen molar-refractivity contribution in [2.24, 2.45) is 0 Å². The van der Waals surface area contributed by atoms with Crippen LogP contribution in [-0.2, 0) is 9.30 Å². The minimum atomic E-state index is -3.22. The van der Waals surface area contributed by atoms with E-state index in [1.165, 1.54) is 24.3 Å². The molecule has 1 atom stereocenters. The molecular formula is C24H21N2O5P. The maximum Gasteiger partial charge on any atom is 0.269 e. The van der Waals surface area contributed by atoms with E-state index in [1.807, 2.05) is 60.7 Å². The molecule has 1 aliphatic rings. The number of nitrogens with zero attached hydrogens (tertiary/aromatic N) is 1. The summed E-state index contributed by atoms with van der Waals surface area (Å²) < 4.78 is 19.8. The van der Waals surface area contributed by atoms with Gasteiger partial charge in [0.2, 0.25) is 0 Å². The molecule has 7 nitrogen and oxygen atoms in total. The standard InChI is InChI=1S/C24H21N2O5P/c27-22(18-11-13-21(14-12-18)26(28)29)15-25-32(30)16-23(19-7-3-1-4-8-19)31-24(17-32)20-9-5-2-6-10-20/h1-14,16-17,22,27H,15H2,(H,25,30)/t22-/m0/s1. The average molecular weight is 448 g/mol. The predicted octanol–water partition coefficient (Wildman–Crippen LogP) is 5.52. The molecule has 0 unspecified atom stereocenters. The van der Waals surface area contributed by atoms with E-state index in [1.54, 1.807) is 11.6 Å². The normalized spacial score (nSPS) is 15.8. The smallest absolute Gasteiger partial charge is 0.269 e. The van der Waals surface area contributed by atoms with Crippen LogP contribution in [0.2, 0.25) is 0 Å². The monoisotopic (exact) mass is 448 g/mol. The van der Waals surface area contributed by atoms with Gasteiger partial charge in [0.15, 0.2) is 7.29 Å². The van der Waals surface area contributed by atoms with Crippen molar-refractivity contribution in [1.82, 2.24) is 5.09 Å². The van der Waals surface area contributed by atoms with Crippen LogP contribution in [0.3, 0.4) is 0 Å². The summed E-state index contributed by atoms with van der Waals surface area (Å²) in [5.41, 5.74) is 2.00. The summed E-state index contributed by atoms with van der Waals surface area (Å²) in [6, 6.07) is 24.4. The first kappa shape index (κ1) is 21.7. The molecule has 0 bridgehead atoms. The number of benzene rings is 3. The van der Waals surface area contributed by atoms with Gasteiger partial charge in [0.05, 0.1) is 11.0 Å². The van der Waals surface area contributed by atoms with Gasteiger partial charge in [0.25, 0.3) is 5.69 Å². The molecule has 0 fully saturated rings. The van der Waals surface area contributed by atoms with Crippen LogP contribution in [0.25, 0.3) is 11.5 Å². The number of ether oxygens (including phenoxy) is 1. The minimum absolute atomic E-state index is 0.00771. The summed E-state index contributed by atoms with van der Waals surface area (Å²) in [5, 5.41) is 24.3. The summed E-state index contributed by atoms with van der Waals surface area (Å²) >= 11 is 0. The molecule has 32 heavy (non-hydrogen) atoms. The van der Waals surface area contributed by atoms with Crippen molar-refractivity contribution < 1.29 is 19.3 Å². The lowest BCUT2D eigenvalue weighted by molar-refractivity contribution is -0.384. The van der Waals surface area contributed by atoms with Gasteiger partial charge in [-0.15, -0.1) is 0 Å². The molecule has 8 heteroatoms. The number of aliphatic hydroxyl groups excluding tert-OH is 1. The third kappa shape index (κ3) is 5.03. The third-order valence-electron chi connectivity index (χ3n) is 4.98. The number of hydrogen-bond acceptors (Lipinski definition) is 5. The van der Waals surface area contributed by atoms with Crippen molar-refractivity contribution >= 4 is 24.5 Å². The van der Waals surface area contributed by atoms with Crippen LogP contribution in [0.1, 0.15) is 22.8 Å². The fourth-order valence-corrected chi connectivity index (χ4v) is 5.10. The SMILES string of the molecule is O=[N+]([O-])c1ccc([C@@H](O)CNP2(=O)C=C(c3ccccc3)OC(c3ccccc3)=C2)cc1. The molecular weight excluding hydrogens is 427 g/mol. The number of nitro groups is 1. The molecule has 0 amide bonds. The lowest BCUT2D eigenvalue weighted by atomic mass is 10.1. The Morgan fingerprint density at radius 2 is 1.38 bits per heavy atom. The fourth-order valence-electron chi connectivity index (χ4n) is 3.29. The number of hydrogen-bond donors (Lipinski definition) is 2. The summed E-state index contributed by atoms with van der Waals surface area (Å²) in [7, 11) is -3.22. The Hall–Kier alpha value is -3.51. The Kier molecular flexibility index (Phi) is 6.32. The maximum absolute atomic E-state index is 13.7. The summed E-state index contributed by atoms with van der Waals surface area (Å²) in [5.74, 6) is 4.04. The van der Waals surface area contributed by atoms with Crippen molar-refractivity contribution in [2.45, 2.75) is 6.10 Å². The molecule has 0 spiro atoms. The minimum Gasteiger partial charge on any atom is -0.456 e. The molecule has 0 aromatic heterocycles. The number of non-ortho nitro benzene ring substituents is 1. The van der Waals surface area contributed by atoms with E-state index in [9.17, 15) is 19.8 Å². The first-order valence-corrected chi connectivity index (χ1v) is 11.8. The van der Waals surface area contributed by atoms with E-state index >= 15 is 0 Å². The first-order chi connectivity index (χ1) is 15.4. The van der Waals surface area contributed by atoms with E-state index in [2.05, 4.69) is 5.09 Å². The zero-order valence-corrected chi connectivity index (χ0v) is 17.9. The molecule has 162 valence electrons. The first-order valence-electron chi connectivity index (χ1n) is 9.95. The van der Waals surface area contributed by atoms with Crippen LogP contribution in [0.4, 0.5) is 5.69 Å². The van der Waals surface area contributed by atoms with Gasteiger partial charge in [-0.05, 0) is 17.7 Å². The number of rotatable bonds is 7. The number of aliphatic hydroxyl groups is 1. The summed E-state index contributed by atoms with van der Waals surface area (Å²) in [6.45, 7) is -0.00771. The molecule has 0 radical (unpaired) electrons. The van der Waals surface area contributed by atoms with Crippen LogP contribution in [0.5, 0.6) is 0 Å². The third-order valence-corrected chi connectivity index (χ3v) is 6.89. The molecule has 1 heterocycles. The average Bonchev–Trinajstić information content (AvgIpc) is 2.83. The van der Waals surface area contributed by atoms with Crippen molar-refractivity contribution in [2.75, 3.05) is 6.54 Å². The predicted molar refractivity (Wildman–Crippen MR) is 124 cm³/mol. The van der Waals surface area contributed by atoms with E-state index in [0.717, 1.165) is 11.1 Å². The molecule has 3 aromatic rings. The maximum atomic E-state index is 13.7. The Labute approximate surface area is 185 Å². The van der Waals surface area contributed by atoms with E-state index in [0.29, 0.717) is 17.1 Å². The molecule has 4 rings (SSSR count). The quantitative estimate of drug-likeness (QED) is 0.280. The Bertz CT molecular complexity index is 1150. The van der Waals surface area contributed by atoms with Crippen LogP contribution in [-0.4, -0.2) is 16.6 Å². The Morgan fingerprint density at radius 1 is 0.875 bits per heavy atom. The Morgan fingerprint density at radius 3 is 1.84 bits per heavy atom. The van der Waals surface area contributed by atoms with E-state index in [-0.39, 0.29) is 12.2 Å².